The molecule has 1 saturated heterocycles. The molecule has 0 saturated carbocycles. The van der Waals surface area contributed by atoms with Crippen LogP contribution in [0.15, 0.2) is 59.4 Å². The lowest BCUT2D eigenvalue weighted by atomic mass is 10.0. The average molecular weight is 425 g/mol. The van der Waals surface area contributed by atoms with Crippen molar-refractivity contribution >= 4 is 23.2 Å². The largest absolute Gasteiger partial charge is 0.378 e. The molecule has 0 spiro atoms. The number of aromatic amines is 1. The second-order valence-corrected chi connectivity index (χ2v) is 7.80. The quantitative estimate of drug-likeness (QED) is 0.656. The van der Waals surface area contributed by atoms with E-state index in [2.05, 4.69) is 14.8 Å². The highest BCUT2D eigenvalue weighted by Gasteiger charge is 2.21. The number of nitrogens with zero attached hydrogens (tertiary/aromatic N) is 3. The predicted octanol–water partition coefficient (Wildman–Crippen LogP) is 3.49. The summed E-state index contributed by atoms with van der Waals surface area (Å²) in [5, 5.41) is 0.737. The maximum atomic E-state index is 12.9. The molecule has 0 radical (unpaired) electrons. The van der Waals surface area contributed by atoms with Gasteiger partial charge in [0, 0.05) is 56.0 Å². The molecule has 0 atom stereocenters. The second-order valence-electron chi connectivity index (χ2n) is 7.36. The van der Waals surface area contributed by atoms with Crippen molar-refractivity contribution in [3.05, 3.63) is 86.8 Å². The van der Waals surface area contributed by atoms with E-state index in [0.29, 0.717) is 30.2 Å². The lowest BCUT2D eigenvalue weighted by Gasteiger charge is -2.36. The molecule has 7 heteroatoms. The van der Waals surface area contributed by atoms with Crippen LogP contribution < -0.4 is 15.4 Å². The Morgan fingerprint density at radius 3 is 2.33 bits per heavy atom. The van der Waals surface area contributed by atoms with Crippen LogP contribution in [0.3, 0.4) is 0 Å². The lowest BCUT2D eigenvalue weighted by Crippen LogP contribution is -2.47. The molecule has 1 aliphatic rings. The Hall–Kier alpha value is -2.83. The summed E-state index contributed by atoms with van der Waals surface area (Å²) in [7, 11) is 1.62. The zero-order valence-corrected chi connectivity index (χ0v) is 17.7. The normalized spacial score (nSPS) is 14.2. The van der Waals surface area contributed by atoms with E-state index < -0.39 is 0 Å². The Bertz CT molecular complexity index is 1030. The van der Waals surface area contributed by atoms with Crippen molar-refractivity contribution in [2.75, 3.05) is 43.1 Å². The van der Waals surface area contributed by atoms with E-state index in [1.54, 1.807) is 7.11 Å². The summed E-state index contributed by atoms with van der Waals surface area (Å²) in [6.45, 7) is 3.54. The van der Waals surface area contributed by atoms with E-state index in [1.165, 1.54) is 0 Å². The van der Waals surface area contributed by atoms with Gasteiger partial charge in [0.2, 0.25) is 5.95 Å². The zero-order valence-electron chi connectivity index (χ0n) is 17.0. The number of hydrogen-bond donors (Lipinski definition) is 1. The number of nitrogens with one attached hydrogen (secondary N) is 1. The molecule has 0 amide bonds. The Kier molecular flexibility index (Phi) is 6.35. The molecule has 6 nitrogen and oxygen atoms in total. The van der Waals surface area contributed by atoms with Crippen LogP contribution in [0.1, 0.15) is 16.8 Å². The highest BCUT2D eigenvalue weighted by atomic mass is 35.5. The Morgan fingerprint density at radius 2 is 1.67 bits per heavy atom. The summed E-state index contributed by atoms with van der Waals surface area (Å²) in [5.74, 6) is 0.611. The van der Waals surface area contributed by atoms with E-state index >= 15 is 0 Å². The highest BCUT2D eigenvalue weighted by Crippen LogP contribution is 2.21. The Labute approximate surface area is 181 Å². The zero-order chi connectivity index (χ0) is 20.9. The van der Waals surface area contributed by atoms with Gasteiger partial charge in [-0.25, -0.2) is 4.98 Å². The summed E-state index contributed by atoms with van der Waals surface area (Å²) in [4.78, 5) is 25.1. The average Bonchev–Trinajstić information content (AvgIpc) is 2.77. The first-order valence-electron chi connectivity index (χ1n) is 10.0. The van der Waals surface area contributed by atoms with Gasteiger partial charge in [-0.3, -0.25) is 9.78 Å². The molecule has 3 aromatic rings. The maximum absolute atomic E-state index is 12.9. The smallest absolute Gasteiger partial charge is 0.256 e. The molecule has 1 aromatic heterocycles. The highest BCUT2D eigenvalue weighted by molar-refractivity contribution is 6.30. The Morgan fingerprint density at radius 1 is 1.00 bits per heavy atom. The number of rotatable bonds is 6. The third kappa shape index (κ3) is 4.66. The summed E-state index contributed by atoms with van der Waals surface area (Å²) < 4.78 is 5.34. The lowest BCUT2D eigenvalue weighted by molar-refractivity contribution is 0.180. The molecule has 4 rings (SSSR count). The van der Waals surface area contributed by atoms with E-state index in [-0.39, 0.29) is 5.56 Å². The molecular formula is C23H25ClN4O2. The minimum absolute atomic E-state index is 0.101. The van der Waals surface area contributed by atoms with Gasteiger partial charge in [-0.2, -0.15) is 0 Å². The first kappa shape index (κ1) is 20.4. The molecule has 0 aliphatic carbocycles. The molecule has 2 aromatic carbocycles. The molecule has 1 N–H and O–H groups in total. The third-order valence-corrected chi connectivity index (χ3v) is 5.62. The Balaban J connectivity index is 1.52. The summed E-state index contributed by atoms with van der Waals surface area (Å²) >= 11 is 5.99. The summed E-state index contributed by atoms with van der Waals surface area (Å²) in [6.07, 6.45) is 0.534. The number of ether oxygens (including phenoxy) is 1. The molecule has 30 heavy (non-hydrogen) atoms. The number of anilines is 2. The fourth-order valence-corrected chi connectivity index (χ4v) is 3.87. The minimum atomic E-state index is -0.101. The van der Waals surface area contributed by atoms with Crippen molar-refractivity contribution in [1.82, 2.24) is 9.97 Å². The van der Waals surface area contributed by atoms with Crippen molar-refractivity contribution in [2.24, 2.45) is 0 Å². The van der Waals surface area contributed by atoms with E-state index in [9.17, 15) is 4.79 Å². The number of H-pyrrole nitrogens is 1. The van der Waals surface area contributed by atoms with Gasteiger partial charge in [-0.1, -0.05) is 41.9 Å². The van der Waals surface area contributed by atoms with E-state index in [1.807, 2.05) is 54.6 Å². The maximum Gasteiger partial charge on any atom is 0.256 e. The van der Waals surface area contributed by atoms with Gasteiger partial charge in [0.15, 0.2) is 0 Å². The molecule has 2 heterocycles. The SMILES string of the molecule is COCc1nc(N2CCN(c3ccc(Cl)cc3)CC2)[nH]c(=O)c1Cc1ccccc1. The van der Waals surface area contributed by atoms with Gasteiger partial charge in [-0.05, 0) is 29.8 Å². The van der Waals surface area contributed by atoms with Crippen LogP contribution in [0.5, 0.6) is 0 Å². The monoisotopic (exact) mass is 424 g/mol. The van der Waals surface area contributed by atoms with Crippen LogP contribution in [0.2, 0.25) is 5.02 Å². The van der Waals surface area contributed by atoms with E-state index in [0.717, 1.165) is 42.5 Å². The van der Waals surface area contributed by atoms with Crippen molar-refractivity contribution < 1.29 is 4.74 Å². The van der Waals surface area contributed by atoms with Crippen molar-refractivity contribution in [3.63, 3.8) is 0 Å². The van der Waals surface area contributed by atoms with Crippen LogP contribution in [0.4, 0.5) is 11.6 Å². The number of halogens is 1. The van der Waals surface area contributed by atoms with E-state index in [4.69, 9.17) is 21.3 Å². The molecule has 0 bridgehead atoms. The van der Waals surface area contributed by atoms with Crippen molar-refractivity contribution in [2.45, 2.75) is 13.0 Å². The number of aromatic nitrogens is 2. The topological polar surface area (TPSA) is 61.5 Å². The van der Waals surface area contributed by atoms with Gasteiger partial charge in [0.25, 0.3) is 5.56 Å². The molecular weight excluding hydrogens is 400 g/mol. The molecule has 1 aliphatic heterocycles. The van der Waals surface area contributed by atoms with Crippen LogP contribution in [-0.2, 0) is 17.8 Å². The molecule has 0 unspecified atom stereocenters. The predicted molar refractivity (Wildman–Crippen MR) is 121 cm³/mol. The number of benzene rings is 2. The second kappa shape index (κ2) is 9.32. The fourth-order valence-electron chi connectivity index (χ4n) is 3.75. The standard InChI is InChI=1S/C23H25ClN4O2/c1-30-16-21-20(15-17-5-3-2-4-6-17)22(29)26-23(25-21)28-13-11-27(12-14-28)19-9-7-18(24)8-10-19/h2-10H,11-16H2,1H3,(H,25,26,29). The number of piperazine rings is 1. The molecule has 156 valence electrons. The van der Waals surface area contributed by atoms with Crippen LogP contribution >= 0.6 is 11.6 Å². The van der Waals surface area contributed by atoms with Gasteiger partial charge in [0.1, 0.15) is 0 Å². The molecule has 1 fully saturated rings. The fraction of sp³-hybridized carbons (Fsp3) is 0.304. The van der Waals surface area contributed by atoms with Gasteiger partial charge in [-0.15, -0.1) is 0 Å². The van der Waals surface area contributed by atoms with Crippen molar-refractivity contribution in [1.29, 1.82) is 0 Å². The van der Waals surface area contributed by atoms with Crippen LogP contribution in [0, 0.1) is 0 Å². The number of hydrogen-bond acceptors (Lipinski definition) is 5. The first-order valence-corrected chi connectivity index (χ1v) is 10.4. The van der Waals surface area contributed by atoms with Gasteiger partial charge >= 0.3 is 0 Å². The van der Waals surface area contributed by atoms with Crippen LogP contribution in [0.25, 0.3) is 0 Å². The first-order chi connectivity index (χ1) is 14.6. The third-order valence-electron chi connectivity index (χ3n) is 5.36. The van der Waals surface area contributed by atoms with Gasteiger partial charge in [0.05, 0.1) is 12.3 Å². The minimum Gasteiger partial charge on any atom is -0.378 e. The summed E-state index contributed by atoms with van der Waals surface area (Å²) in [5.41, 5.74) is 3.48. The number of methoxy groups -OCH3 is 1. The summed E-state index contributed by atoms with van der Waals surface area (Å²) in [6, 6.07) is 17.8. The van der Waals surface area contributed by atoms with Crippen molar-refractivity contribution in [3.8, 4) is 0 Å². The van der Waals surface area contributed by atoms with Gasteiger partial charge < -0.3 is 14.5 Å². The van der Waals surface area contributed by atoms with Crippen LogP contribution in [-0.4, -0.2) is 43.3 Å².